The highest BCUT2D eigenvalue weighted by molar-refractivity contribution is 5.48. The average Bonchev–Trinajstić information content (AvgIpc) is 3.08. The van der Waals surface area contributed by atoms with Crippen molar-refractivity contribution in [3.05, 3.63) is 70.6 Å². The number of ether oxygens (including phenoxy) is 3. The summed E-state index contributed by atoms with van der Waals surface area (Å²) in [5.41, 5.74) is 2.43. The van der Waals surface area contributed by atoms with Gasteiger partial charge in [0.25, 0.3) is 0 Å². The van der Waals surface area contributed by atoms with Crippen LogP contribution < -0.4 is 14.2 Å². The van der Waals surface area contributed by atoms with Gasteiger partial charge in [-0.3, -0.25) is 0 Å². The first-order valence-electron chi connectivity index (χ1n) is 17.7. The van der Waals surface area contributed by atoms with Crippen molar-refractivity contribution in [1.82, 2.24) is 15.0 Å². The van der Waals surface area contributed by atoms with Crippen molar-refractivity contribution < 1.29 is 14.2 Å². The molecule has 0 aliphatic heterocycles. The molecule has 0 N–H and O–H groups in total. The summed E-state index contributed by atoms with van der Waals surface area (Å²) in [7, 11) is 0. The summed E-state index contributed by atoms with van der Waals surface area (Å²) in [6, 6.07) is 10.7. The van der Waals surface area contributed by atoms with Crippen LogP contribution in [0.1, 0.15) is 146 Å². The fourth-order valence-electron chi connectivity index (χ4n) is 4.90. The lowest BCUT2D eigenvalue weighted by Gasteiger charge is -2.21. The molecule has 0 saturated heterocycles. The molecule has 0 aliphatic rings. The minimum Gasteiger partial charge on any atom is -0.493 e. The molecule has 0 spiro atoms. The van der Waals surface area contributed by atoms with E-state index in [0.29, 0.717) is 64.6 Å². The van der Waals surface area contributed by atoms with Gasteiger partial charge in [0.15, 0.2) is 0 Å². The zero-order valence-electron chi connectivity index (χ0n) is 30.1. The van der Waals surface area contributed by atoms with Crippen LogP contribution in [0.5, 0.6) is 17.2 Å². The molecule has 0 bridgehead atoms. The van der Waals surface area contributed by atoms with Crippen molar-refractivity contribution >= 4 is 0 Å². The topological polar surface area (TPSA) is 66.4 Å². The average molecular weight is 658 g/mol. The number of terminal acetylenes is 2. The Kier molecular flexibility index (Phi) is 16.6. The molecule has 0 atom stereocenters. The maximum atomic E-state index is 6.17. The largest absolute Gasteiger partial charge is 0.493 e. The minimum absolute atomic E-state index is 0.438. The number of unbranched alkanes of at least 4 members (excludes halogenated alkanes) is 10. The van der Waals surface area contributed by atoms with E-state index in [1.54, 1.807) is 36.4 Å². The van der Waals surface area contributed by atoms with Gasteiger partial charge in [-0.05, 0) is 57.3 Å². The Morgan fingerprint density at radius 1 is 0.490 bits per heavy atom. The molecule has 0 aromatic carbocycles. The highest BCUT2D eigenvalue weighted by atomic mass is 16.5. The lowest BCUT2D eigenvalue weighted by Crippen LogP contribution is -2.23. The molecule has 0 radical (unpaired) electrons. The second-order valence-electron chi connectivity index (χ2n) is 13.0. The quantitative estimate of drug-likeness (QED) is 0.107. The summed E-state index contributed by atoms with van der Waals surface area (Å²) in [5.74, 6) is 19.5. The number of rotatable bonds is 17. The molecular weight excluding hydrogens is 606 g/mol. The summed E-state index contributed by atoms with van der Waals surface area (Å²) >= 11 is 0. The van der Waals surface area contributed by atoms with Gasteiger partial charge < -0.3 is 14.2 Å². The van der Waals surface area contributed by atoms with Crippen LogP contribution >= 0.6 is 0 Å². The van der Waals surface area contributed by atoms with E-state index in [2.05, 4.69) is 64.3 Å². The predicted octanol–water partition coefficient (Wildman–Crippen LogP) is 9.29. The highest BCUT2D eigenvalue weighted by Gasteiger charge is 2.13. The molecule has 6 nitrogen and oxygen atoms in total. The number of hydrogen-bond acceptors (Lipinski definition) is 6. The van der Waals surface area contributed by atoms with Gasteiger partial charge in [-0.15, -0.1) is 12.8 Å². The van der Waals surface area contributed by atoms with Gasteiger partial charge in [-0.25, -0.2) is 15.0 Å². The summed E-state index contributed by atoms with van der Waals surface area (Å²) in [6.07, 6.45) is 25.6. The lowest BCUT2D eigenvalue weighted by atomic mass is 10.1. The summed E-state index contributed by atoms with van der Waals surface area (Å²) < 4.78 is 18.2. The Balaban J connectivity index is 1.81. The van der Waals surface area contributed by atoms with Crippen LogP contribution in [0.4, 0.5) is 0 Å². The fourth-order valence-corrected chi connectivity index (χ4v) is 4.90. The molecule has 3 rings (SSSR count). The monoisotopic (exact) mass is 657 g/mol. The van der Waals surface area contributed by atoms with Crippen molar-refractivity contribution in [2.75, 3.05) is 13.2 Å². The van der Waals surface area contributed by atoms with E-state index in [4.69, 9.17) is 27.1 Å². The molecule has 3 aromatic heterocycles. The molecule has 3 aromatic rings. The van der Waals surface area contributed by atoms with E-state index in [1.165, 1.54) is 51.4 Å². The molecular formula is C43H51N3O3. The van der Waals surface area contributed by atoms with Crippen LogP contribution in [0.2, 0.25) is 0 Å². The molecule has 0 amide bonds. The fraction of sp³-hybridized carbons (Fsp3) is 0.465. The standard InChI is InChI=1S/C43H51N3O3/c1-8-12-14-16-18-20-26-47-40-28-34(10-3)44-36(30-40)22-24-38-32-42(49-43(5,6)7)33-39(46-38)25-23-37-31-41(29-35(11-4)45-37)48-27-21-19-17-15-13-9-2/h3-4,28-33H,8-9,12-21,26-27H2,1-2,5-7H3. The first-order chi connectivity index (χ1) is 23.7. The van der Waals surface area contributed by atoms with Gasteiger partial charge in [0.1, 0.15) is 57.0 Å². The first-order valence-corrected chi connectivity index (χ1v) is 17.7. The number of hydrogen-bond donors (Lipinski definition) is 0. The molecule has 49 heavy (non-hydrogen) atoms. The van der Waals surface area contributed by atoms with Crippen molar-refractivity contribution in [1.29, 1.82) is 0 Å². The maximum absolute atomic E-state index is 6.17. The van der Waals surface area contributed by atoms with E-state index >= 15 is 0 Å². The van der Waals surface area contributed by atoms with Crippen LogP contribution in [0.15, 0.2) is 36.4 Å². The second kappa shape index (κ2) is 21.1. The van der Waals surface area contributed by atoms with Gasteiger partial charge in [-0.1, -0.05) is 89.9 Å². The predicted molar refractivity (Wildman–Crippen MR) is 199 cm³/mol. The smallest absolute Gasteiger partial charge is 0.125 e. The third-order valence-electron chi connectivity index (χ3n) is 7.29. The Hall–Kier alpha value is -4.91. The number of aromatic nitrogens is 3. The molecule has 0 aliphatic carbocycles. The van der Waals surface area contributed by atoms with Crippen LogP contribution in [-0.4, -0.2) is 33.8 Å². The number of nitrogens with zero attached hydrogens (tertiary/aromatic N) is 3. The lowest BCUT2D eigenvalue weighted by molar-refractivity contribution is 0.130. The SMILES string of the molecule is C#Cc1cc(OCCCCCCCC)cc(C#Cc2cc(OC(C)(C)C)cc(C#Cc3cc(OCCCCCCCC)cc(C#C)n3)n2)n1. The van der Waals surface area contributed by atoms with E-state index in [1.807, 2.05) is 20.8 Å². The molecule has 0 unspecified atom stereocenters. The Morgan fingerprint density at radius 2 is 0.816 bits per heavy atom. The van der Waals surface area contributed by atoms with Crippen molar-refractivity contribution in [3.8, 4) is 65.6 Å². The van der Waals surface area contributed by atoms with Gasteiger partial charge in [0.05, 0.1) is 13.2 Å². The minimum atomic E-state index is -0.438. The highest BCUT2D eigenvalue weighted by Crippen LogP contribution is 2.21. The third-order valence-corrected chi connectivity index (χ3v) is 7.29. The normalized spacial score (nSPS) is 10.5. The summed E-state index contributed by atoms with van der Waals surface area (Å²) in [6.45, 7) is 11.6. The zero-order valence-corrected chi connectivity index (χ0v) is 30.1. The Morgan fingerprint density at radius 3 is 1.18 bits per heavy atom. The first kappa shape index (κ1) is 38.5. The van der Waals surface area contributed by atoms with Gasteiger partial charge in [-0.2, -0.15) is 0 Å². The van der Waals surface area contributed by atoms with Crippen LogP contribution in [-0.2, 0) is 0 Å². The van der Waals surface area contributed by atoms with Crippen molar-refractivity contribution in [2.24, 2.45) is 0 Å². The third kappa shape index (κ3) is 15.7. The number of pyridine rings is 3. The van der Waals surface area contributed by atoms with Crippen molar-refractivity contribution in [3.63, 3.8) is 0 Å². The van der Waals surface area contributed by atoms with E-state index in [0.717, 1.165) is 25.7 Å². The molecule has 3 heterocycles. The van der Waals surface area contributed by atoms with Gasteiger partial charge in [0, 0.05) is 36.4 Å². The van der Waals surface area contributed by atoms with Crippen molar-refractivity contribution in [2.45, 2.75) is 117 Å². The van der Waals surface area contributed by atoms with Crippen LogP contribution in [0, 0.1) is 48.4 Å². The van der Waals surface area contributed by atoms with Gasteiger partial charge in [0.2, 0.25) is 0 Å². The van der Waals surface area contributed by atoms with Crippen LogP contribution in [0.3, 0.4) is 0 Å². The second-order valence-corrected chi connectivity index (χ2v) is 13.0. The Bertz CT molecular complexity index is 1590. The Labute approximate surface area is 295 Å². The molecule has 0 fully saturated rings. The van der Waals surface area contributed by atoms with E-state index < -0.39 is 5.60 Å². The summed E-state index contributed by atoms with van der Waals surface area (Å²) in [5, 5.41) is 0. The molecule has 0 saturated carbocycles. The zero-order chi connectivity index (χ0) is 35.3. The van der Waals surface area contributed by atoms with Gasteiger partial charge >= 0.3 is 0 Å². The van der Waals surface area contributed by atoms with E-state index in [9.17, 15) is 0 Å². The van der Waals surface area contributed by atoms with E-state index in [-0.39, 0.29) is 0 Å². The van der Waals surface area contributed by atoms with Crippen LogP contribution in [0.25, 0.3) is 0 Å². The molecule has 6 heteroatoms. The summed E-state index contributed by atoms with van der Waals surface area (Å²) in [4.78, 5) is 13.6. The molecule has 256 valence electrons. The maximum Gasteiger partial charge on any atom is 0.125 e.